The van der Waals surface area contributed by atoms with Crippen LogP contribution in [-0.4, -0.2) is 49.1 Å². The predicted molar refractivity (Wildman–Crippen MR) is 136 cm³/mol. The summed E-state index contributed by atoms with van der Waals surface area (Å²) in [4.78, 5) is 26.0. The molecule has 1 aliphatic heterocycles. The minimum Gasteiger partial charge on any atom is -0.502 e. The normalized spacial score (nSPS) is 14.9. The summed E-state index contributed by atoms with van der Waals surface area (Å²) in [6.45, 7) is 16.3. The van der Waals surface area contributed by atoms with Gasteiger partial charge in [0.05, 0.1) is 17.9 Å². The van der Waals surface area contributed by atoms with Crippen LogP contribution in [0.3, 0.4) is 0 Å². The molecule has 0 saturated carbocycles. The van der Waals surface area contributed by atoms with E-state index in [1.165, 1.54) is 9.58 Å². The Morgan fingerprint density at radius 1 is 1.00 bits per heavy atom. The number of hydrogen-bond acceptors (Lipinski definition) is 5. The number of carbonyl (C=O) groups excluding carboxylic acids is 1. The first-order valence-corrected chi connectivity index (χ1v) is 12.0. The third-order valence-electron chi connectivity index (χ3n) is 5.26. The molecule has 0 aliphatic carbocycles. The van der Waals surface area contributed by atoms with Gasteiger partial charge in [0.15, 0.2) is 11.4 Å². The Labute approximate surface area is 202 Å². The molecule has 0 fully saturated rings. The number of benzene rings is 1. The van der Waals surface area contributed by atoms with Crippen molar-refractivity contribution in [2.24, 2.45) is 0 Å². The van der Waals surface area contributed by atoms with E-state index in [4.69, 9.17) is 0 Å². The molecule has 1 aliphatic rings. The lowest BCUT2D eigenvalue weighted by Crippen LogP contribution is -2.46. The molecule has 3 aromatic rings. The van der Waals surface area contributed by atoms with Crippen LogP contribution in [0.25, 0.3) is 0 Å². The zero-order valence-corrected chi connectivity index (χ0v) is 21.9. The van der Waals surface area contributed by atoms with Crippen molar-refractivity contribution in [1.29, 1.82) is 0 Å². The second-order valence-corrected chi connectivity index (χ2v) is 7.14. The van der Waals surface area contributed by atoms with Crippen LogP contribution >= 0.6 is 0 Å². The lowest BCUT2D eigenvalue weighted by atomic mass is 9.97. The molecule has 3 heterocycles. The Bertz CT molecular complexity index is 1090. The lowest BCUT2D eigenvalue weighted by molar-refractivity contribution is 0.0667. The van der Waals surface area contributed by atoms with Gasteiger partial charge in [-0.15, -0.1) is 0 Å². The van der Waals surface area contributed by atoms with Gasteiger partial charge in [0.1, 0.15) is 6.04 Å². The van der Waals surface area contributed by atoms with E-state index >= 15 is 0 Å². The van der Waals surface area contributed by atoms with E-state index in [1.807, 2.05) is 96.6 Å². The maximum absolute atomic E-state index is 12.6. The van der Waals surface area contributed by atoms with Crippen molar-refractivity contribution in [1.82, 2.24) is 24.5 Å². The van der Waals surface area contributed by atoms with Gasteiger partial charge in [-0.05, 0) is 25.0 Å². The van der Waals surface area contributed by atoms with E-state index in [0.717, 1.165) is 23.0 Å². The van der Waals surface area contributed by atoms with Crippen LogP contribution in [0.4, 0.5) is 0 Å². The molecule has 0 bridgehead atoms. The van der Waals surface area contributed by atoms with Crippen LogP contribution in [-0.2, 0) is 0 Å². The van der Waals surface area contributed by atoms with Gasteiger partial charge in [-0.2, -0.15) is 10.2 Å². The molecule has 4 rings (SSSR count). The first-order valence-electron chi connectivity index (χ1n) is 12.0. The number of rotatable bonds is 3. The molecule has 1 N–H and O–H groups in total. The molecule has 8 nitrogen and oxygen atoms in total. The van der Waals surface area contributed by atoms with E-state index in [2.05, 4.69) is 10.2 Å². The number of nitrogens with zero attached hydrogens (tertiary/aromatic N) is 5. The van der Waals surface area contributed by atoms with Crippen LogP contribution in [0.15, 0.2) is 47.5 Å². The first kappa shape index (κ1) is 28.6. The summed E-state index contributed by atoms with van der Waals surface area (Å²) < 4.78 is 3.33. The van der Waals surface area contributed by atoms with E-state index in [0.29, 0.717) is 6.54 Å². The number of fused-ring (bicyclic) bond motifs is 1. The summed E-state index contributed by atoms with van der Waals surface area (Å²) >= 11 is 0. The zero-order valence-electron chi connectivity index (χ0n) is 21.9. The second-order valence-electron chi connectivity index (χ2n) is 7.14. The molecule has 2 unspecified atom stereocenters. The summed E-state index contributed by atoms with van der Waals surface area (Å²) in [6.07, 6.45) is 3.01. The van der Waals surface area contributed by atoms with Crippen molar-refractivity contribution in [3.05, 3.63) is 75.5 Å². The molecule has 2 aromatic heterocycles. The number of hydrogen-bond donors (Lipinski definition) is 1. The Morgan fingerprint density at radius 2 is 1.59 bits per heavy atom. The molecule has 34 heavy (non-hydrogen) atoms. The van der Waals surface area contributed by atoms with Crippen molar-refractivity contribution in [3.8, 4) is 5.75 Å². The van der Waals surface area contributed by atoms with Crippen LogP contribution < -0.4 is 5.43 Å². The summed E-state index contributed by atoms with van der Waals surface area (Å²) in [5, 5.41) is 19.1. The lowest BCUT2D eigenvalue weighted by Gasteiger charge is -2.37. The van der Waals surface area contributed by atoms with Crippen molar-refractivity contribution in [3.63, 3.8) is 0 Å². The maximum atomic E-state index is 12.6. The molecular weight excluding hydrogens is 430 g/mol. The quantitative estimate of drug-likeness (QED) is 0.597. The third kappa shape index (κ3) is 5.73. The number of aromatic nitrogens is 4. The Morgan fingerprint density at radius 3 is 2.12 bits per heavy atom. The van der Waals surface area contributed by atoms with Gasteiger partial charge < -0.3 is 10.0 Å². The smallest absolute Gasteiger partial charge is 0.275 e. The van der Waals surface area contributed by atoms with Gasteiger partial charge in [-0.1, -0.05) is 71.9 Å². The Kier molecular flexibility index (Phi) is 11.2. The van der Waals surface area contributed by atoms with Gasteiger partial charge in [-0.3, -0.25) is 14.3 Å². The Balaban J connectivity index is 0.000000894. The van der Waals surface area contributed by atoms with Crippen molar-refractivity contribution in [2.45, 2.75) is 67.5 Å². The average Bonchev–Trinajstić information content (AvgIpc) is 3.21. The standard InChI is InChI=1S/C20H21N5O3.3C2H6/c1-12-10-24(22-13(12)2)17(14-7-5-4-6-8-14)15-11-23(3)20(28)18-19(27)16(26)9-21-25(15)18;3*1-2/h4-10,15,17,27H,11H2,1-3H3;3*1-2H3. The summed E-state index contributed by atoms with van der Waals surface area (Å²) in [7, 11) is 1.65. The third-order valence-corrected chi connectivity index (χ3v) is 5.26. The van der Waals surface area contributed by atoms with Gasteiger partial charge >= 0.3 is 0 Å². The van der Waals surface area contributed by atoms with Crippen LogP contribution in [0.2, 0.25) is 0 Å². The second kappa shape index (κ2) is 13.3. The first-order chi connectivity index (χ1) is 16.4. The molecule has 1 amide bonds. The fraction of sp³-hybridized carbons (Fsp3) is 0.462. The largest absolute Gasteiger partial charge is 0.502 e. The highest BCUT2D eigenvalue weighted by Gasteiger charge is 2.38. The molecule has 0 saturated heterocycles. The summed E-state index contributed by atoms with van der Waals surface area (Å²) in [5.41, 5.74) is 2.20. The van der Waals surface area contributed by atoms with E-state index in [9.17, 15) is 14.7 Å². The van der Waals surface area contributed by atoms with E-state index < -0.39 is 17.1 Å². The number of carbonyl (C=O) groups is 1. The monoisotopic (exact) mass is 469 g/mol. The molecule has 0 spiro atoms. The van der Waals surface area contributed by atoms with E-state index in [1.54, 1.807) is 7.05 Å². The number of amides is 1. The van der Waals surface area contributed by atoms with Crippen LogP contribution in [0, 0.1) is 13.8 Å². The SMILES string of the molecule is CC.CC.CC.Cc1cn(C(c2ccccc2)C2CN(C)C(=O)c3c(O)c(=O)cnn32)nc1C. The van der Waals surface area contributed by atoms with Gasteiger partial charge in [-0.25, -0.2) is 4.68 Å². The van der Waals surface area contributed by atoms with Gasteiger partial charge in [0.25, 0.3) is 5.91 Å². The van der Waals surface area contributed by atoms with Crippen molar-refractivity contribution >= 4 is 5.91 Å². The molecule has 1 aromatic carbocycles. The topological polar surface area (TPSA) is 93.3 Å². The maximum Gasteiger partial charge on any atom is 0.275 e. The van der Waals surface area contributed by atoms with Crippen LogP contribution in [0.5, 0.6) is 5.75 Å². The summed E-state index contributed by atoms with van der Waals surface area (Å²) in [6, 6.07) is 9.18. The minimum absolute atomic E-state index is 0.0900. The molecule has 186 valence electrons. The van der Waals surface area contributed by atoms with Crippen molar-refractivity contribution < 1.29 is 9.90 Å². The Hall–Kier alpha value is -3.42. The van der Waals surface area contributed by atoms with Gasteiger partial charge in [0.2, 0.25) is 5.43 Å². The average molecular weight is 470 g/mol. The van der Waals surface area contributed by atoms with Crippen LogP contribution in [0.1, 0.15) is 80.9 Å². The van der Waals surface area contributed by atoms with E-state index in [-0.39, 0.29) is 17.8 Å². The van der Waals surface area contributed by atoms with Gasteiger partial charge in [0, 0.05) is 19.8 Å². The number of likely N-dealkylation sites (N-methyl/N-ethyl adjacent to an activating group) is 1. The number of aromatic hydroxyl groups is 1. The molecule has 2 atom stereocenters. The fourth-order valence-electron chi connectivity index (χ4n) is 3.68. The predicted octanol–water partition coefficient (Wildman–Crippen LogP) is 4.76. The fourth-order valence-corrected chi connectivity index (χ4v) is 3.68. The number of aryl methyl sites for hydroxylation is 2. The molecule has 8 heteroatoms. The highest BCUT2D eigenvalue weighted by atomic mass is 16.3. The minimum atomic E-state index is -0.671. The molecule has 0 radical (unpaired) electrons. The zero-order chi connectivity index (χ0) is 26.0. The molecular formula is C26H39N5O3. The van der Waals surface area contributed by atoms with Crippen molar-refractivity contribution in [2.75, 3.05) is 13.6 Å². The highest BCUT2D eigenvalue weighted by molar-refractivity contribution is 5.95. The summed E-state index contributed by atoms with van der Waals surface area (Å²) in [5.74, 6) is -1.00. The highest BCUT2D eigenvalue weighted by Crippen LogP contribution is 2.35.